The zero-order valence-corrected chi connectivity index (χ0v) is 24.0. The van der Waals surface area contributed by atoms with Crippen LogP contribution in [0.15, 0.2) is 48.8 Å². The lowest BCUT2D eigenvalue weighted by Gasteiger charge is -2.23. The smallest absolute Gasteiger partial charge is 0.387 e. The highest BCUT2D eigenvalue weighted by molar-refractivity contribution is 5.95. The second kappa shape index (κ2) is 11.9. The Hall–Kier alpha value is -5.01. The summed E-state index contributed by atoms with van der Waals surface area (Å²) in [5.74, 6) is -2.22. The molecule has 0 saturated carbocycles. The van der Waals surface area contributed by atoms with E-state index >= 15 is 4.39 Å². The van der Waals surface area contributed by atoms with Gasteiger partial charge in [0.2, 0.25) is 0 Å². The van der Waals surface area contributed by atoms with Crippen LogP contribution in [0.3, 0.4) is 0 Å². The molecule has 5 rings (SSSR count). The lowest BCUT2D eigenvalue weighted by Crippen LogP contribution is -2.30. The molecule has 3 heterocycles. The first-order chi connectivity index (χ1) is 20.8. The summed E-state index contributed by atoms with van der Waals surface area (Å²) in [6.07, 6.45) is 2.68. The predicted molar refractivity (Wildman–Crippen MR) is 149 cm³/mol. The number of imidazole rings is 1. The highest BCUT2D eigenvalue weighted by atomic mass is 19.3. The molecule has 0 saturated heterocycles. The average molecular weight is 612 g/mol. The van der Waals surface area contributed by atoms with Crippen LogP contribution in [0.2, 0.25) is 0 Å². The molecule has 0 bridgehead atoms. The van der Waals surface area contributed by atoms with Gasteiger partial charge in [0, 0.05) is 48.7 Å². The van der Waals surface area contributed by atoms with Crippen LogP contribution in [-0.4, -0.2) is 61.0 Å². The van der Waals surface area contributed by atoms with Crippen molar-refractivity contribution in [1.82, 2.24) is 24.4 Å². The van der Waals surface area contributed by atoms with E-state index < -0.39 is 41.9 Å². The number of aryl methyl sites for hydroxylation is 1. The number of carbonyl (C=O) groups is 3. The largest absolute Gasteiger partial charge is 0.481 e. The number of esters is 1. The fourth-order valence-electron chi connectivity index (χ4n) is 5.14. The minimum Gasteiger partial charge on any atom is -0.481 e. The number of amides is 1. The average Bonchev–Trinajstić information content (AvgIpc) is 3.53. The van der Waals surface area contributed by atoms with E-state index in [1.807, 2.05) is 4.57 Å². The molecule has 0 unspecified atom stereocenters. The van der Waals surface area contributed by atoms with Gasteiger partial charge in [0.15, 0.2) is 11.4 Å². The first kappa shape index (κ1) is 30.4. The monoisotopic (exact) mass is 611 g/mol. The molecule has 1 aliphatic rings. The zero-order valence-electron chi connectivity index (χ0n) is 24.0. The number of rotatable bonds is 10. The molecule has 4 aromatic rings. The number of aliphatic carboxylic acids is 1. The SMILES string of the molecule is CN(C(=O)c1cccc(OC(F)F)c1)[C@@H]1CCn2c1nc1cc(F)c(-c3cnc(C(C)(C)OC(=O)CCC(=O)O)nc3)cc12. The third-order valence-electron chi connectivity index (χ3n) is 7.30. The van der Waals surface area contributed by atoms with E-state index in [1.54, 1.807) is 27.0 Å². The van der Waals surface area contributed by atoms with E-state index in [0.717, 1.165) is 0 Å². The van der Waals surface area contributed by atoms with Crippen LogP contribution in [0.25, 0.3) is 22.2 Å². The summed E-state index contributed by atoms with van der Waals surface area (Å²) in [5.41, 5.74) is 0.541. The first-order valence-electron chi connectivity index (χ1n) is 13.6. The molecule has 44 heavy (non-hydrogen) atoms. The number of carboxylic acid groups (broad SMARTS) is 1. The minimum atomic E-state index is -3.02. The molecule has 1 amide bonds. The van der Waals surface area contributed by atoms with Crippen molar-refractivity contribution in [1.29, 1.82) is 0 Å². The number of nitrogens with zero attached hydrogens (tertiary/aromatic N) is 5. The van der Waals surface area contributed by atoms with E-state index in [2.05, 4.69) is 19.7 Å². The number of benzene rings is 2. The van der Waals surface area contributed by atoms with Gasteiger partial charge >= 0.3 is 18.6 Å². The van der Waals surface area contributed by atoms with Crippen LogP contribution in [0.4, 0.5) is 13.2 Å². The third kappa shape index (κ3) is 6.19. The first-order valence-corrected chi connectivity index (χ1v) is 13.6. The molecule has 0 aliphatic carbocycles. The van der Waals surface area contributed by atoms with Gasteiger partial charge in [0.25, 0.3) is 5.91 Å². The van der Waals surface area contributed by atoms with Crippen molar-refractivity contribution < 1.29 is 42.1 Å². The fourth-order valence-corrected chi connectivity index (χ4v) is 5.14. The molecule has 0 fully saturated rings. The van der Waals surface area contributed by atoms with E-state index in [-0.39, 0.29) is 35.5 Å². The van der Waals surface area contributed by atoms with Gasteiger partial charge in [0.1, 0.15) is 17.4 Å². The van der Waals surface area contributed by atoms with E-state index in [0.29, 0.717) is 35.4 Å². The van der Waals surface area contributed by atoms with Crippen molar-refractivity contribution in [3.05, 3.63) is 71.8 Å². The number of halogens is 3. The van der Waals surface area contributed by atoms with Gasteiger partial charge in [-0.25, -0.2) is 19.3 Å². The summed E-state index contributed by atoms with van der Waals surface area (Å²) >= 11 is 0. The van der Waals surface area contributed by atoms with Gasteiger partial charge in [-0.15, -0.1) is 0 Å². The number of alkyl halides is 2. The summed E-state index contributed by atoms with van der Waals surface area (Å²) in [4.78, 5) is 50.6. The number of fused-ring (bicyclic) bond motifs is 3. The number of ether oxygens (including phenoxy) is 2. The number of aromatic nitrogens is 4. The van der Waals surface area contributed by atoms with Gasteiger partial charge in [-0.05, 0) is 44.5 Å². The van der Waals surface area contributed by atoms with E-state index in [4.69, 9.17) is 9.84 Å². The molecule has 0 radical (unpaired) electrons. The van der Waals surface area contributed by atoms with Gasteiger partial charge in [0.05, 0.1) is 29.9 Å². The van der Waals surface area contributed by atoms with Crippen LogP contribution < -0.4 is 4.74 Å². The van der Waals surface area contributed by atoms with Crippen LogP contribution in [0.5, 0.6) is 5.75 Å². The predicted octanol–water partition coefficient (Wildman–Crippen LogP) is 5.09. The number of hydrogen-bond donors (Lipinski definition) is 1. The minimum absolute atomic E-state index is 0.127. The van der Waals surface area contributed by atoms with Crippen LogP contribution in [0.1, 0.15) is 61.2 Å². The zero-order chi connectivity index (χ0) is 31.8. The molecular formula is C30H28F3N5O6. The summed E-state index contributed by atoms with van der Waals surface area (Å²) in [6.45, 7) is 0.616. The lowest BCUT2D eigenvalue weighted by molar-refractivity contribution is -0.160. The van der Waals surface area contributed by atoms with Crippen molar-refractivity contribution >= 4 is 28.9 Å². The topological polar surface area (TPSA) is 137 Å². The van der Waals surface area contributed by atoms with Crippen molar-refractivity contribution in [2.24, 2.45) is 0 Å². The molecule has 2 aromatic carbocycles. The molecule has 1 aliphatic heterocycles. The van der Waals surface area contributed by atoms with Crippen LogP contribution in [-0.2, 0) is 26.5 Å². The van der Waals surface area contributed by atoms with Crippen molar-refractivity contribution in [2.75, 3.05) is 7.05 Å². The summed E-state index contributed by atoms with van der Waals surface area (Å²) < 4.78 is 52.3. The molecule has 11 nitrogen and oxygen atoms in total. The second-order valence-electron chi connectivity index (χ2n) is 10.7. The van der Waals surface area contributed by atoms with Gasteiger partial charge in [-0.1, -0.05) is 6.07 Å². The van der Waals surface area contributed by atoms with Crippen LogP contribution >= 0.6 is 0 Å². The molecule has 230 valence electrons. The molecule has 2 aromatic heterocycles. The number of carbonyl (C=O) groups excluding carboxylic acids is 2. The Labute approximate surface area is 249 Å². The Morgan fingerprint density at radius 2 is 1.86 bits per heavy atom. The van der Waals surface area contributed by atoms with E-state index in [1.165, 1.54) is 47.6 Å². The van der Waals surface area contributed by atoms with Gasteiger partial charge < -0.3 is 24.0 Å². The summed E-state index contributed by atoms with van der Waals surface area (Å²) in [6, 6.07) is 8.04. The normalized spacial score (nSPS) is 14.5. The maximum Gasteiger partial charge on any atom is 0.387 e. The van der Waals surface area contributed by atoms with Crippen molar-refractivity contribution in [2.45, 2.75) is 57.9 Å². The Balaban J connectivity index is 1.37. The van der Waals surface area contributed by atoms with Gasteiger partial charge in [-0.2, -0.15) is 8.78 Å². The Morgan fingerprint density at radius 1 is 1.14 bits per heavy atom. The van der Waals surface area contributed by atoms with Crippen LogP contribution in [0, 0.1) is 5.82 Å². The molecular weight excluding hydrogens is 583 g/mol. The lowest BCUT2D eigenvalue weighted by atomic mass is 10.1. The second-order valence-corrected chi connectivity index (χ2v) is 10.7. The fraction of sp³-hybridized carbons (Fsp3) is 0.333. The molecule has 1 atom stereocenters. The van der Waals surface area contributed by atoms with Crippen molar-refractivity contribution in [3.8, 4) is 16.9 Å². The summed E-state index contributed by atoms with van der Waals surface area (Å²) in [5, 5.41) is 8.77. The third-order valence-corrected chi connectivity index (χ3v) is 7.30. The Bertz CT molecular complexity index is 1740. The van der Waals surface area contributed by atoms with E-state index in [9.17, 15) is 23.2 Å². The van der Waals surface area contributed by atoms with Crippen molar-refractivity contribution in [3.63, 3.8) is 0 Å². The highest BCUT2D eigenvalue weighted by Gasteiger charge is 2.33. The number of carboxylic acids is 1. The molecule has 1 N–H and O–H groups in total. The molecule has 0 spiro atoms. The maximum absolute atomic E-state index is 15.3. The Kier molecular flexibility index (Phi) is 8.26. The maximum atomic E-state index is 15.3. The Morgan fingerprint density at radius 3 is 2.55 bits per heavy atom. The van der Waals surface area contributed by atoms with Gasteiger partial charge in [-0.3, -0.25) is 14.4 Å². The highest BCUT2D eigenvalue weighted by Crippen LogP contribution is 2.37. The summed E-state index contributed by atoms with van der Waals surface area (Å²) in [7, 11) is 1.60. The quantitative estimate of drug-likeness (QED) is 0.243. The molecule has 14 heteroatoms. The standard InChI is InChI=1S/C30H28F3N5O6/c1-30(2,44-25(41)8-7-24(39)40)28-34-14-17(15-35-28)19-12-23-21(13-20(19)31)36-26-22(9-10-38(23)26)37(3)27(42)16-5-4-6-18(11-16)43-29(32)33/h4-6,11-15,22,29H,7-10H2,1-3H3,(H,39,40)/t22-/m1/s1. The number of hydrogen-bond acceptors (Lipinski definition) is 8.